The number of nitrogens with one attached hydrogen (secondary N) is 1. The molecule has 25 heavy (non-hydrogen) atoms. The summed E-state index contributed by atoms with van der Waals surface area (Å²) in [5, 5.41) is 7.33. The van der Waals surface area contributed by atoms with Crippen LogP contribution in [0.25, 0.3) is 11.3 Å². The number of carbonyl (C=O) groups excluding carboxylic acids is 1. The van der Waals surface area contributed by atoms with Gasteiger partial charge in [-0.25, -0.2) is 0 Å². The fourth-order valence-electron chi connectivity index (χ4n) is 3.20. The van der Waals surface area contributed by atoms with Gasteiger partial charge in [0.25, 0.3) is 5.91 Å². The Labute approximate surface area is 146 Å². The predicted octanol–water partition coefficient (Wildman–Crippen LogP) is 3.13. The van der Waals surface area contributed by atoms with E-state index in [9.17, 15) is 4.79 Å². The summed E-state index contributed by atoms with van der Waals surface area (Å²) in [7, 11) is 0. The number of nitrogens with zero attached hydrogens (tertiary/aromatic N) is 2. The highest BCUT2D eigenvalue weighted by molar-refractivity contribution is 5.99. The zero-order valence-electron chi connectivity index (χ0n) is 13.8. The lowest BCUT2D eigenvalue weighted by atomic mass is 10.0. The maximum absolute atomic E-state index is 13.0. The van der Waals surface area contributed by atoms with Crippen LogP contribution in [-0.2, 0) is 0 Å². The van der Waals surface area contributed by atoms with E-state index in [4.69, 9.17) is 4.52 Å². The van der Waals surface area contributed by atoms with Gasteiger partial charge in [-0.05, 0) is 5.56 Å². The van der Waals surface area contributed by atoms with Crippen molar-refractivity contribution < 1.29 is 9.32 Å². The van der Waals surface area contributed by atoms with Gasteiger partial charge < -0.3 is 14.7 Å². The molecule has 1 amide bonds. The quantitative estimate of drug-likeness (QED) is 0.800. The van der Waals surface area contributed by atoms with Crippen LogP contribution < -0.4 is 5.32 Å². The molecule has 4 rings (SSSR count). The molecule has 0 radical (unpaired) electrons. The molecule has 126 valence electrons. The molecule has 5 heteroatoms. The lowest BCUT2D eigenvalue weighted by Crippen LogP contribution is -2.48. The summed E-state index contributed by atoms with van der Waals surface area (Å²) < 4.78 is 5.36. The Morgan fingerprint density at radius 2 is 1.80 bits per heavy atom. The second-order valence-corrected chi connectivity index (χ2v) is 6.10. The van der Waals surface area contributed by atoms with Crippen LogP contribution in [0.15, 0.2) is 71.4 Å². The maximum Gasteiger partial charge on any atom is 0.259 e. The summed E-state index contributed by atoms with van der Waals surface area (Å²) >= 11 is 0. The average molecular weight is 333 g/mol. The van der Waals surface area contributed by atoms with Crippen LogP contribution in [0.4, 0.5) is 0 Å². The van der Waals surface area contributed by atoms with Gasteiger partial charge in [0.2, 0.25) is 0 Å². The van der Waals surface area contributed by atoms with Crippen LogP contribution in [-0.4, -0.2) is 35.6 Å². The minimum Gasteiger partial charge on any atom is -0.355 e. The van der Waals surface area contributed by atoms with Gasteiger partial charge in [0.1, 0.15) is 5.56 Å². The van der Waals surface area contributed by atoms with Crippen LogP contribution in [0.1, 0.15) is 22.0 Å². The Kier molecular flexibility index (Phi) is 4.31. The highest BCUT2D eigenvalue weighted by Gasteiger charge is 2.28. The van der Waals surface area contributed by atoms with Crippen molar-refractivity contribution in [2.45, 2.75) is 6.04 Å². The number of hydrogen-bond donors (Lipinski definition) is 1. The smallest absolute Gasteiger partial charge is 0.259 e. The lowest BCUT2D eigenvalue weighted by Gasteiger charge is -2.33. The topological polar surface area (TPSA) is 58.4 Å². The summed E-state index contributed by atoms with van der Waals surface area (Å²) in [6, 6.07) is 19.9. The molecule has 0 aliphatic carbocycles. The Balaban J connectivity index is 1.57. The summed E-state index contributed by atoms with van der Waals surface area (Å²) in [6.07, 6.45) is 1.52. The number of benzene rings is 2. The van der Waals surface area contributed by atoms with Crippen LogP contribution in [0.5, 0.6) is 0 Å². The Morgan fingerprint density at radius 1 is 1.08 bits per heavy atom. The number of carbonyl (C=O) groups is 1. The minimum atomic E-state index is -0.0393. The van der Waals surface area contributed by atoms with Gasteiger partial charge in [-0.3, -0.25) is 4.79 Å². The van der Waals surface area contributed by atoms with Crippen LogP contribution in [0, 0.1) is 0 Å². The van der Waals surface area contributed by atoms with Crippen LogP contribution >= 0.6 is 0 Å². The van der Waals surface area contributed by atoms with Crippen molar-refractivity contribution in [3.8, 4) is 11.3 Å². The monoisotopic (exact) mass is 333 g/mol. The second-order valence-electron chi connectivity index (χ2n) is 6.10. The van der Waals surface area contributed by atoms with Crippen molar-refractivity contribution in [2.24, 2.45) is 0 Å². The van der Waals surface area contributed by atoms with E-state index in [1.54, 1.807) is 0 Å². The molecule has 1 aliphatic heterocycles. The molecule has 2 aromatic carbocycles. The molecule has 5 nitrogen and oxygen atoms in total. The molecule has 1 N–H and O–H groups in total. The minimum absolute atomic E-state index is 0.0393. The molecular formula is C20H19N3O2. The third-order valence-electron chi connectivity index (χ3n) is 4.50. The van der Waals surface area contributed by atoms with Crippen molar-refractivity contribution in [2.75, 3.05) is 19.6 Å². The van der Waals surface area contributed by atoms with E-state index in [1.165, 1.54) is 11.8 Å². The number of aromatic nitrogens is 1. The highest BCUT2D eigenvalue weighted by atomic mass is 16.5. The Hall–Kier alpha value is -2.92. The largest absolute Gasteiger partial charge is 0.355 e. The molecule has 1 unspecified atom stereocenters. The van der Waals surface area contributed by atoms with Gasteiger partial charge in [-0.15, -0.1) is 0 Å². The third kappa shape index (κ3) is 3.19. The Bertz CT molecular complexity index is 846. The number of piperazine rings is 1. The molecule has 1 saturated heterocycles. The fraction of sp³-hybridized carbons (Fsp3) is 0.200. The summed E-state index contributed by atoms with van der Waals surface area (Å²) in [5.41, 5.74) is 2.56. The molecule has 1 aliphatic rings. The normalized spacial score (nSPS) is 17.4. The molecule has 1 atom stereocenters. The van der Waals surface area contributed by atoms with Gasteiger partial charge in [0.05, 0.1) is 6.20 Å². The average Bonchev–Trinajstić information content (AvgIpc) is 3.19. The first-order valence-electron chi connectivity index (χ1n) is 8.40. The molecule has 0 spiro atoms. The van der Waals surface area contributed by atoms with E-state index in [0.717, 1.165) is 12.1 Å². The van der Waals surface area contributed by atoms with Gasteiger partial charge in [-0.1, -0.05) is 65.8 Å². The van der Waals surface area contributed by atoms with E-state index in [-0.39, 0.29) is 11.9 Å². The first kappa shape index (κ1) is 15.6. The van der Waals surface area contributed by atoms with Crippen LogP contribution in [0.2, 0.25) is 0 Å². The van der Waals surface area contributed by atoms with E-state index < -0.39 is 0 Å². The molecule has 0 saturated carbocycles. The van der Waals surface area contributed by atoms with Crippen LogP contribution in [0.3, 0.4) is 0 Å². The van der Waals surface area contributed by atoms with Gasteiger partial charge in [0, 0.05) is 31.2 Å². The zero-order chi connectivity index (χ0) is 17.1. The first-order valence-corrected chi connectivity index (χ1v) is 8.40. The maximum atomic E-state index is 13.0. The van der Waals surface area contributed by atoms with Crippen molar-refractivity contribution in [3.63, 3.8) is 0 Å². The summed E-state index contributed by atoms with van der Waals surface area (Å²) in [6.45, 7) is 2.06. The number of rotatable bonds is 3. The van der Waals surface area contributed by atoms with E-state index in [1.807, 2.05) is 53.4 Å². The van der Waals surface area contributed by atoms with E-state index in [0.29, 0.717) is 24.4 Å². The standard InChI is InChI=1S/C20H19N3O2/c24-20(17-13-22-25-19(17)16-9-5-2-6-10-16)23-12-11-21-18(14-23)15-7-3-1-4-8-15/h1-10,13,18,21H,11-12,14H2. The van der Waals surface area contributed by atoms with Crippen molar-refractivity contribution >= 4 is 5.91 Å². The van der Waals surface area contributed by atoms with Gasteiger partial charge >= 0.3 is 0 Å². The van der Waals surface area contributed by atoms with E-state index >= 15 is 0 Å². The van der Waals surface area contributed by atoms with Crippen molar-refractivity contribution in [1.29, 1.82) is 0 Å². The van der Waals surface area contributed by atoms with Crippen molar-refractivity contribution in [3.05, 3.63) is 78.0 Å². The fourth-order valence-corrected chi connectivity index (χ4v) is 3.20. The highest BCUT2D eigenvalue weighted by Crippen LogP contribution is 2.26. The second kappa shape index (κ2) is 6.91. The van der Waals surface area contributed by atoms with Crippen molar-refractivity contribution in [1.82, 2.24) is 15.4 Å². The molecule has 0 bridgehead atoms. The lowest BCUT2D eigenvalue weighted by molar-refractivity contribution is 0.0703. The van der Waals surface area contributed by atoms with Gasteiger partial charge in [0.15, 0.2) is 5.76 Å². The third-order valence-corrected chi connectivity index (χ3v) is 4.50. The van der Waals surface area contributed by atoms with Gasteiger partial charge in [-0.2, -0.15) is 0 Å². The molecule has 2 heterocycles. The number of amides is 1. The SMILES string of the molecule is O=C(c1cnoc1-c1ccccc1)N1CCNC(c2ccccc2)C1. The summed E-state index contributed by atoms with van der Waals surface area (Å²) in [5.74, 6) is 0.489. The Morgan fingerprint density at radius 3 is 2.56 bits per heavy atom. The summed E-state index contributed by atoms with van der Waals surface area (Å²) in [4.78, 5) is 14.9. The van der Waals surface area contributed by atoms with E-state index in [2.05, 4.69) is 22.6 Å². The molecule has 1 fully saturated rings. The number of hydrogen-bond acceptors (Lipinski definition) is 4. The predicted molar refractivity (Wildman–Crippen MR) is 95.0 cm³/mol. The molecule has 3 aromatic rings. The first-order chi connectivity index (χ1) is 12.3. The molecular weight excluding hydrogens is 314 g/mol. The zero-order valence-corrected chi connectivity index (χ0v) is 13.8. The molecule has 1 aromatic heterocycles.